The highest BCUT2D eigenvalue weighted by atomic mass is 35.7. The summed E-state index contributed by atoms with van der Waals surface area (Å²) in [4.78, 5) is 0. The molecule has 1 aromatic rings. The van der Waals surface area contributed by atoms with Crippen LogP contribution in [0.5, 0.6) is 0 Å². The van der Waals surface area contributed by atoms with Crippen LogP contribution in [0, 0.1) is 0 Å². The molecule has 0 aliphatic rings. The average Bonchev–Trinajstić information content (AvgIpc) is 2.16. The van der Waals surface area contributed by atoms with E-state index >= 15 is 0 Å². The molecule has 0 amide bonds. The van der Waals surface area contributed by atoms with Crippen molar-refractivity contribution >= 4 is 26.3 Å². The molecule has 3 heteroatoms. The van der Waals surface area contributed by atoms with Crippen LogP contribution < -0.4 is 0 Å². The Morgan fingerprint density at radius 3 is 2.62 bits per heavy atom. The fraction of sp³-hybridized carbons (Fsp3) is 0.400. The van der Waals surface area contributed by atoms with E-state index in [4.69, 9.17) is 10.7 Å². The maximum atomic E-state index is 6.06. The molecule has 0 N–H and O–H groups in total. The van der Waals surface area contributed by atoms with Gasteiger partial charge in [-0.1, -0.05) is 31.5 Å². The zero-order valence-electron chi connectivity index (χ0n) is 7.74. The molecule has 0 radical (unpaired) electrons. The van der Waals surface area contributed by atoms with Crippen molar-refractivity contribution in [2.24, 2.45) is 4.36 Å². The van der Waals surface area contributed by atoms with E-state index < -0.39 is 0 Å². The van der Waals surface area contributed by atoms with Gasteiger partial charge >= 0.3 is 0 Å². The SMILES string of the molecule is CCCCS(Cl)=Nc1ccccc1. The number of rotatable bonds is 4. The van der Waals surface area contributed by atoms with Gasteiger partial charge in [-0.05, 0) is 39.1 Å². The molecule has 0 spiro atoms. The van der Waals surface area contributed by atoms with E-state index in [1.54, 1.807) is 0 Å². The number of unbranched alkanes of at least 4 members (excludes halogenated alkanes) is 1. The molecule has 0 aromatic heterocycles. The van der Waals surface area contributed by atoms with Crippen molar-refractivity contribution in [2.75, 3.05) is 5.75 Å². The molecule has 0 fully saturated rings. The first-order valence-corrected chi connectivity index (χ1v) is 6.64. The van der Waals surface area contributed by atoms with Gasteiger partial charge < -0.3 is 0 Å². The summed E-state index contributed by atoms with van der Waals surface area (Å²) in [6.07, 6.45) is 2.34. The normalized spacial score (nSPS) is 13.1. The van der Waals surface area contributed by atoms with Gasteiger partial charge in [-0.15, -0.1) is 0 Å². The number of hydrogen-bond donors (Lipinski definition) is 0. The quantitative estimate of drug-likeness (QED) is 0.718. The standard InChI is InChI=1S/C10H14ClNS/c1-2-3-9-13(11)12-10-7-5-4-6-8-10/h4-8H,2-3,9H2,1H3. The Bertz CT molecular complexity index is 272. The minimum absolute atomic E-state index is 0.324. The molecule has 0 heterocycles. The Morgan fingerprint density at radius 1 is 1.31 bits per heavy atom. The van der Waals surface area contributed by atoms with E-state index in [9.17, 15) is 0 Å². The minimum Gasteiger partial charge on any atom is -0.213 e. The Kier molecular flexibility index (Phi) is 5.09. The van der Waals surface area contributed by atoms with Gasteiger partial charge in [0.15, 0.2) is 0 Å². The molecule has 1 atom stereocenters. The summed E-state index contributed by atoms with van der Waals surface area (Å²) in [7, 11) is 5.73. The van der Waals surface area contributed by atoms with Crippen molar-refractivity contribution in [3.8, 4) is 0 Å². The highest BCUT2D eigenvalue weighted by molar-refractivity contribution is 8.10. The van der Waals surface area contributed by atoms with E-state index in [1.807, 2.05) is 30.3 Å². The fourth-order valence-corrected chi connectivity index (χ4v) is 2.45. The van der Waals surface area contributed by atoms with Crippen molar-refractivity contribution in [3.63, 3.8) is 0 Å². The largest absolute Gasteiger partial charge is 0.213 e. The molecule has 1 aromatic carbocycles. The minimum atomic E-state index is -0.324. The van der Waals surface area contributed by atoms with E-state index in [0.717, 1.165) is 17.9 Å². The maximum Gasteiger partial charge on any atom is 0.0716 e. The molecule has 0 saturated heterocycles. The highest BCUT2D eigenvalue weighted by Gasteiger charge is 1.92. The van der Waals surface area contributed by atoms with Crippen LogP contribution in [0.4, 0.5) is 5.69 Å². The van der Waals surface area contributed by atoms with Crippen molar-refractivity contribution in [3.05, 3.63) is 30.3 Å². The fourth-order valence-electron chi connectivity index (χ4n) is 0.912. The molecular weight excluding hydrogens is 202 g/mol. The predicted octanol–water partition coefficient (Wildman–Crippen LogP) is 4.07. The third-order valence-corrected chi connectivity index (χ3v) is 3.33. The van der Waals surface area contributed by atoms with Crippen LogP contribution in [-0.4, -0.2) is 5.75 Å². The first kappa shape index (κ1) is 10.7. The number of nitrogens with zero attached hydrogens (tertiary/aromatic N) is 1. The Hall–Kier alpha value is -0.340. The number of halogens is 1. The molecule has 0 bridgehead atoms. The van der Waals surface area contributed by atoms with Gasteiger partial charge in [0, 0.05) is 5.75 Å². The van der Waals surface area contributed by atoms with Gasteiger partial charge in [0.25, 0.3) is 0 Å². The first-order valence-electron chi connectivity index (χ1n) is 4.47. The molecule has 13 heavy (non-hydrogen) atoms. The number of hydrogen-bond acceptors (Lipinski definition) is 1. The van der Waals surface area contributed by atoms with Crippen molar-refractivity contribution in [1.29, 1.82) is 0 Å². The molecule has 1 rings (SSSR count). The van der Waals surface area contributed by atoms with Crippen molar-refractivity contribution in [2.45, 2.75) is 19.8 Å². The van der Waals surface area contributed by atoms with Crippen LogP contribution >= 0.6 is 10.7 Å². The lowest BCUT2D eigenvalue weighted by atomic mass is 10.3. The molecular formula is C10H14ClNS. The molecule has 1 nitrogen and oxygen atoms in total. The van der Waals surface area contributed by atoms with Crippen molar-refractivity contribution in [1.82, 2.24) is 0 Å². The van der Waals surface area contributed by atoms with Crippen LogP contribution in [0.15, 0.2) is 34.7 Å². The zero-order chi connectivity index (χ0) is 9.52. The van der Waals surface area contributed by atoms with E-state index in [-0.39, 0.29) is 9.90 Å². The van der Waals surface area contributed by atoms with E-state index in [1.165, 1.54) is 6.42 Å². The molecule has 72 valence electrons. The summed E-state index contributed by atoms with van der Waals surface area (Å²) in [5.41, 5.74) is 0.983. The van der Waals surface area contributed by atoms with Gasteiger partial charge in [0.05, 0.1) is 5.69 Å². The monoisotopic (exact) mass is 215 g/mol. The van der Waals surface area contributed by atoms with Crippen LogP contribution in [0.1, 0.15) is 19.8 Å². The summed E-state index contributed by atoms with van der Waals surface area (Å²) in [5.74, 6) is 0.993. The average molecular weight is 216 g/mol. The summed E-state index contributed by atoms with van der Waals surface area (Å²) in [6, 6.07) is 9.90. The number of benzene rings is 1. The maximum absolute atomic E-state index is 6.06. The molecule has 0 saturated carbocycles. The Balaban J connectivity index is 2.55. The topological polar surface area (TPSA) is 12.4 Å². The summed E-state index contributed by atoms with van der Waals surface area (Å²) in [6.45, 7) is 2.16. The van der Waals surface area contributed by atoms with Crippen molar-refractivity contribution < 1.29 is 0 Å². The summed E-state index contributed by atoms with van der Waals surface area (Å²) in [5, 5.41) is 0. The predicted molar refractivity (Wildman–Crippen MR) is 61.5 cm³/mol. The van der Waals surface area contributed by atoms with Gasteiger partial charge in [0.1, 0.15) is 0 Å². The van der Waals surface area contributed by atoms with Gasteiger partial charge in [-0.2, -0.15) is 0 Å². The third-order valence-electron chi connectivity index (χ3n) is 1.63. The summed E-state index contributed by atoms with van der Waals surface area (Å²) >= 11 is 0. The smallest absolute Gasteiger partial charge is 0.0716 e. The van der Waals surface area contributed by atoms with Crippen LogP contribution in [0.2, 0.25) is 0 Å². The molecule has 1 unspecified atom stereocenters. The lowest BCUT2D eigenvalue weighted by Crippen LogP contribution is -1.86. The van der Waals surface area contributed by atoms with Crippen LogP contribution in [0.3, 0.4) is 0 Å². The second-order valence-corrected chi connectivity index (χ2v) is 5.07. The lowest BCUT2D eigenvalue weighted by Gasteiger charge is -1.97. The molecule has 0 aliphatic heterocycles. The van der Waals surface area contributed by atoms with Gasteiger partial charge in [-0.25, -0.2) is 4.36 Å². The lowest BCUT2D eigenvalue weighted by molar-refractivity contribution is 0.896. The molecule has 0 aliphatic carbocycles. The van der Waals surface area contributed by atoms with Crippen LogP contribution in [-0.2, 0) is 9.90 Å². The Morgan fingerprint density at radius 2 is 2.00 bits per heavy atom. The Labute approximate surface area is 86.7 Å². The second-order valence-electron chi connectivity index (χ2n) is 2.79. The highest BCUT2D eigenvalue weighted by Crippen LogP contribution is 2.14. The van der Waals surface area contributed by atoms with E-state index in [0.29, 0.717) is 0 Å². The third kappa shape index (κ3) is 4.44. The van der Waals surface area contributed by atoms with Crippen LogP contribution in [0.25, 0.3) is 0 Å². The van der Waals surface area contributed by atoms with Gasteiger partial charge in [-0.3, -0.25) is 0 Å². The van der Waals surface area contributed by atoms with E-state index in [2.05, 4.69) is 11.3 Å². The van der Waals surface area contributed by atoms with Gasteiger partial charge in [0.2, 0.25) is 0 Å². The summed E-state index contributed by atoms with van der Waals surface area (Å²) < 4.78 is 4.39. The second kappa shape index (κ2) is 6.17. The first-order chi connectivity index (χ1) is 6.33. The zero-order valence-corrected chi connectivity index (χ0v) is 9.31.